The maximum Gasteiger partial charge on any atom is 0.452 e. The number of aromatic nitrogens is 5. The summed E-state index contributed by atoms with van der Waals surface area (Å²) >= 11 is 0. The molecule has 0 atom stereocenters. The first-order valence-corrected chi connectivity index (χ1v) is 7.87. The fourth-order valence-electron chi connectivity index (χ4n) is 2.57. The quantitative estimate of drug-likeness (QED) is 0.574. The molecule has 25 heavy (non-hydrogen) atoms. The molecule has 0 aliphatic heterocycles. The molecule has 0 aliphatic rings. The lowest BCUT2D eigenvalue weighted by molar-refractivity contribution is 0.142. The zero-order chi connectivity index (χ0) is 17.1. The summed E-state index contributed by atoms with van der Waals surface area (Å²) in [6, 6.07) is 15.4. The zero-order valence-corrected chi connectivity index (χ0v) is 13.3. The molecule has 2 aromatic carbocycles. The summed E-state index contributed by atoms with van der Waals surface area (Å²) in [5.41, 5.74) is 3.14. The minimum atomic E-state index is -0.594. The van der Waals surface area contributed by atoms with Gasteiger partial charge in [-0.15, -0.1) is 10.2 Å². The van der Waals surface area contributed by atoms with E-state index in [9.17, 15) is 4.79 Å². The van der Waals surface area contributed by atoms with Crippen LogP contribution in [0.15, 0.2) is 67.3 Å². The van der Waals surface area contributed by atoms with Gasteiger partial charge in [0.1, 0.15) is 11.0 Å². The molecule has 124 valence electrons. The Balaban J connectivity index is 1.51. The Morgan fingerprint density at radius 3 is 2.72 bits per heavy atom. The Morgan fingerprint density at radius 2 is 1.92 bits per heavy atom. The SMILES string of the molecule is O=C(OCCc1ccccc1)n1nc2cccc(-n3ccnc3)c2n1. The first-order valence-electron chi connectivity index (χ1n) is 7.87. The molecule has 0 fully saturated rings. The molecule has 0 amide bonds. The molecule has 0 bridgehead atoms. The first-order chi connectivity index (χ1) is 12.3. The molecule has 7 heteroatoms. The van der Waals surface area contributed by atoms with E-state index in [1.165, 1.54) is 0 Å². The number of hydrogen-bond donors (Lipinski definition) is 0. The van der Waals surface area contributed by atoms with Gasteiger partial charge in [-0.2, -0.15) is 0 Å². The number of carbonyl (C=O) groups excluding carboxylic acids is 1. The summed E-state index contributed by atoms with van der Waals surface area (Å²) in [6.07, 6.45) is 5.22. The van der Waals surface area contributed by atoms with Crippen LogP contribution in [-0.2, 0) is 11.2 Å². The summed E-state index contributed by atoms with van der Waals surface area (Å²) in [4.78, 5) is 17.2. The van der Waals surface area contributed by atoms with Gasteiger partial charge < -0.3 is 9.30 Å². The molecular formula is C18H15N5O2. The Labute approximate surface area is 143 Å². The Bertz CT molecular complexity index is 993. The minimum absolute atomic E-state index is 0.273. The van der Waals surface area contributed by atoms with Crippen LogP contribution >= 0.6 is 0 Å². The van der Waals surface area contributed by atoms with Gasteiger partial charge in [0.25, 0.3) is 0 Å². The van der Waals surface area contributed by atoms with Crippen LogP contribution in [0.2, 0.25) is 0 Å². The van der Waals surface area contributed by atoms with Crippen molar-refractivity contribution in [1.82, 2.24) is 24.5 Å². The first kappa shape index (κ1) is 15.1. The highest BCUT2D eigenvalue weighted by atomic mass is 16.6. The van der Waals surface area contributed by atoms with Crippen LogP contribution in [0.1, 0.15) is 5.56 Å². The molecule has 0 saturated heterocycles. The molecule has 7 nitrogen and oxygen atoms in total. The highest BCUT2D eigenvalue weighted by Crippen LogP contribution is 2.18. The van der Waals surface area contributed by atoms with Gasteiger partial charge >= 0.3 is 6.09 Å². The van der Waals surface area contributed by atoms with Crippen molar-refractivity contribution in [3.05, 3.63) is 72.8 Å². The van der Waals surface area contributed by atoms with Crippen molar-refractivity contribution >= 4 is 17.1 Å². The van der Waals surface area contributed by atoms with Crippen LogP contribution in [0.5, 0.6) is 0 Å². The van der Waals surface area contributed by atoms with Gasteiger partial charge in [-0.1, -0.05) is 41.2 Å². The second-order valence-electron chi connectivity index (χ2n) is 5.45. The average molecular weight is 333 g/mol. The van der Waals surface area contributed by atoms with Gasteiger partial charge in [-0.25, -0.2) is 9.78 Å². The Kier molecular flexibility index (Phi) is 3.96. The average Bonchev–Trinajstić information content (AvgIpc) is 3.32. The number of ether oxygens (including phenoxy) is 1. The Hall–Kier alpha value is -3.48. The number of rotatable bonds is 4. The van der Waals surface area contributed by atoms with Crippen molar-refractivity contribution in [3.8, 4) is 5.69 Å². The van der Waals surface area contributed by atoms with E-state index in [2.05, 4.69) is 15.2 Å². The maximum atomic E-state index is 12.2. The van der Waals surface area contributed by atoms with E-state index in [4.69, 9.17) is 4.74 Å². The molecule has 0 saturated carbocycles. The highest BCUT2D eigenvalue weighted by Gasteiger charge is 2.14. The number of imidazole rings is 1. The number of benzene rings is 2. The van der Waals surface area contributed by atoms with Gasteiger partial charge in [0.15, 0.2) is 0 Å². The molecule has 0 spiro atoms. The summed E-state index contributed by atoms with van der Waals surface area (Å²) in [6.45, 7) is 0.273. The van der Waals surface area contributed by atoms with Crippen molar-refractivity contribution in [1.29, 1.82) is 0 Å². The minimum Gasteiger partial charge on any atom is -0.446 e. The number of carbonyl (C=O) groups is 1. The molecular weight excluding hydrogens is 318 g/mol. The third kappa shape index (κ3) is 3.12. The van der Waals surface area contributed by atoms with E-state index in [1.807, 2.05) is 53.2 Å². The topological polar surface area (TPSA) is 74.8 Å². The predicted octanol–water partition coefficient (Wildman–Crippen LogP) is 2.84. The molecule has 2 heterocycles. The van der Waals surface area contributed by atoms with Crippen molar-refractivity contribution in [3.63, 3.8) is 0 Å². The van der Waals surface area contributed by atoms with E-state index in [0.29, 0.717) is 17.5 Å². The molecule has 0 N–H and O–H groups in total. The second-order valence-corrected chi connectivity index (χ2v) is 5.45. The molecule has 0 aliphatic carbocycles. The number of fused-ring (bicyclic) bond motifs is 1. The molecule has 0 unspecified atom stereocenters. The van der Waals surface area contributed by atoms with Gasteiger partial charge in [0.05, 0.1) is 18.6 Å². The van der Waals surface area contributed by atoms with Crippen LogP contribution in [0.25, 0.3) is 16.7 Å². The summed E-state index contributed by atoms with van der Waals surface area (Å²) < 4.78 is 7.09. The van der Waals surface area contributed by atoms with Gasteiger partial charge in [0, 0.05) is 18.8 Å². The molecule has 4 aromatic rings. The van der Waals surface area contributed by atoms with Crippen LogP contribution < -0.4 is 0 Å². The fraction of sp³-hybridized carbons (Fsp3) is 0.111. The molecule has 2 aromatic heterocycles. The zero-order valence-electron chi connectivity index (χ0n) is 13.3. The van der Waals surface area contributed by atoms with Crippen molar-refractivity contribution in [2.24, 2.45) is 0 Å². The second kappa shape index (κ2) is 6.56. The molecule has 0 radical (unpaired) electrons. The van der Waals surface area contributed by atoms with Gasteiger partial charge in [-0.05, 0) is 17.7 Å². The summed E-state index contributed by atoms with van der Waals surface area (Å²) in [7, 11) is 0. The van der Waals surface area contributed by atoms with Gasteiger partial charge in [0.2, 0.25) is 0 Å². The van der Waals surface area contributed by atoms with Crippen molar-refractivity contribution in [2.75, 3.05) is 6.61 Å². The van der Waals surface area contributed by atoms with Crippen molar-refractivity contribution < 1.29 is 9.53 Å². The van der Waals surface area contributed by atoms with E-state index in [1.54, 1.807) is 18.6 Å². The third-order valence-electron chi connectivity index (χ3n) is 3.80. The lowest BCUT2D eigenvalue weighted by Crippen LogP contribution is -2.18. The van der Waals surface area contributed by atoms with E-state index < -0.39 is 6.09 Å². The van der Waals surface area contributed by atoms with E-state index in [0.717, 1.165) is 16.0 Å². The normalized spacial score (nSPS) is 10.9. The van der Waals surface area contributed by atoms with Crippen LogP contribution in [0, 0.1) is 0 Å². The van der Waals surface area contributed by atoms with Crippen LogP contribution in [0.3, 0.4) is 0 Å². The number of hydrogen-bond acceptors (Lipinski definition) is 5. The summed E-state index contributed by atoms with van der Waals surface area (Å²) in [5.74, 6) is 0. The smallest absolute Gasteiger partial charge is 0.446 e. The van der Waals surface area contributed by atoms with Crippen molar-refractivity contribution in [2.45, 2.75) is 6.42 Å². The largest absolute Gasteiger partial charge is 0.452 e. The van der Waals surface area contributed by atoms with Gasteiger partial charge in [-0.3, -0.25) is 0 Å². The third-order valence-corrected chi connectivity index (χ3v) is 3.80. The summed E-state index contributed by atoms with van der Waals surface area (Å²) in [5, 5.41) is 8.48. The Morgan fingerprint density at radius 1 is 1.04 bits per heavy atom. The number of nitrogens with zero attached hydrogens (tertiary/aromatic N) is 5. The fourth-order valence-corrected chi connectivity index (χ4v) is 2.57. The van der Waals surface area contributed by atoms with E-state index >= 15 is 0 Å². The lowest BCUT2D eigenvalue weighted by Gasteiger charge is -2.03. The standard InChI is InChI=1S/C18H15N5O2/c24-18(25-12-9-14-5-2-1-3-6-14)23-20-15-7-4-8-16(17(15)21-23)22-11-10-19-13-22/h1-8,10-11,13H,9,12H2. The van der Waals surface area contributed by atoms with E-state index in [-0.39, 0.29) is 6.61 Å². The monoisotopic (exact) mass is 333 g/mol. The maximum absolute atomic E-state index is 12.2. The van der Waals surface area contributed by atoms with Crippen LogP contribution in [-0.4, -0.2) is 37.2 Å². The lowest BCUT2D eigenvalue weighted by atomic mass is 10.2. The predicted molar refractivity (Wildman–Crippen MR) is 91.5 cm³/mol. The molecule has 4 rings (SSSR count). The van der Waals surface area contributed by atoms with Crippen LogP contribution in [0.4, 0.5) is 4.79 Å². The highest BCUT2D eigenvalue weighted by molar-refractivity contribution is 5.84.